The molecular weight excluding hydrogens is 642 g/mol. The first-order chi connectivity index (χ1) is 22.8. The monoisotopic (exact) mass is 673 g/mol. The molecule has 5 rings (SSSR count). The van der Waals surface area contributed by atoms with Crippen molar-refractivity contribution in [2.45, 2.75) is 33.4 Å². The molecule has 47 heavy (non-hydrogen) atoms. The van der Waals surface area contributed by atoms with Crippen LogP contribution in [0.1, 0.15) is 49.1 Å². The molecule has 3 aromatic carbocycles. The van der Waals surface area contributed by atoms with Gasteiger partial charge in [-0.15, -0.1) is 0 Å². The van der Waals surface area contributed by atoms with Crippen molar-refractivity contribution >= 4 is 35.0 Å². The van der Waals surface area contributed by atoms with Gasteiger partial charge in [-0.1, -0.05) is 41.1 Å². The lowest BCUT2D eigenvalue weighted by Crippen LogP contribution is -2.39. The third-order valence-corrected chi connectivity index (χ3v) is 8.38. The molecule has 0 saturated heterocycles. The normalized spacial score (nSPS) is 13.9. The zero-order chi connectivity index (χ0) is 33.5. The number of halogens is 1. The van der Waals surface area contributed by atoms with Crippen LogP contribution in [-0.2, 0) is 16.1 Å². The molecule has 242 valence electrons. The summed E-state index contributed by atoms with van der Waals surface area (Å²) in [5.74, 6) is 1.22. The molecule has 12 heteroatoms. The summed E-state index contributed by atoms with van der Waals surface area (Å²) in [5.41, 5.74) is 2.49. The Labute approximate surface area is 280 Å². The molecule has 1 aromatic heterocycles. The van der Waals surface area contributed by atoms with E-state index in [1.54, 1.807) is 48.5 Å². The number of rotatable bonds is 12. The Balaban J connectivity index is 1.56. The van der Waals surface area contributed by atoms with Crippen LogP contribution < -0.4 is 33.8 Å². The highest BCUT2D eigenvalue weighted by molar-refractivity contribution is 7.07. The summed E-state index contributed by atoms with van der Waals surface area (Å²) in [6, 6.07) is 17.1. The molecule has 0 fully saturated rings. The molecule has 0 amide bonds. The molecule has 10 nitrogen and oxygen atoms in total. The number of hydrogen-bond acceptors (Lipinski definition) is 10. The number of benzene rings is 3. The SMILES string of the molecule is CCOc1ccc([C@@H]2C(C(=O)OC)=CN=c3s/c(=C/c4cc(Cl)c(OCc5ccc(C#N)cc5)c(OCC)c4)c(=O)n32)cc1OCC. The number of hydrogen-bond donors (Lipinski definition) is 0. The fourth-order valence-corrected chi connectivity index (χ4v) is 6.29. The number of ether oxygens (including phenoxy) is 5. The van der Waals surface area contributed by atoms with Gasteiger partial charge in [-0.3, -0.25) is 9.36 Å². The third kappa shape index (κ3) is 7.19. The van der Waals surface area contributed by atoms with Crippen molar-refractivity contribution in [3.8, 4) is 29.1 Å². The van der Waals surface area contributed by atoms with E-state index < -0.39 is 12.0 Å². The number of nitriles is 1. The standard InChI is InChI=1S/C35H32ClN3O7S/c1-5-43-27-13-12-24(17-28(27)44-6-2)31-25(34(41)42-4)19-38-35-39(31)33(40)30(47-35)16-23-14-26(36)32(29(15-23)45-7-3)46-20-22-10-8-21(18-37)9-11-22/h8-17,19,31H,5-7,20H2,1-4H3/b30-16+/t31-/m1/s1. The number of thiazole rings is 1. The zero-order valence-electron chi connectivity index (χ0n) is 26.2. The van der Waals surface area contributed by atoms with E-state index in [-0.39, 0.29) is 17.7 Å². The summed E-state index contributed by atoms with van der Waals surface area (Å²) < 4.78 is 30.4. The molecule has 2 heterocycles. The molecule has 1 aliphatic heterocycles. The van der Waals surface area contributed by atoms with Crippen molar-refractivity contribution in [3.05, 3.63) is 113 Å². The fourth-order valence-electron chi connectivity index (χ4n) is 5.04. The van der Waals surface area contributed by atoms with E-state index in [9.17, 15) is 9.59 Å². The third-order valence-electron chi connectivity index (χ3n) is 7.10. The maximum Gasteiger partial charge on any atom is 0.337 e. The Morgan fingerprint density at radius 3 is 2.36 bits per heavy atom. The van der Waals surface area contributed by atoms with Gasteiger partial charge in [0, 0.05) is 6.20 Å². The number of fused-ring (bicyclic) bond motifs is 1. The Morgan fingerprint density at radius 2 is 1.68 bits per heavy atom. The summed E-state index contributed by atoms with van der Waals surface area (Å²) in [5, 5.41) is 9.35. The van der Waals surface area contributed by atoms with Crippen LogP contribution in [0.2, 0.25) is 5.02 Å². The molecule has 0 unspecified atom stereocenters. The largest absolute Gasteiger partial charge is 0.490 e. The van der Waals surface area contributed by atoms with Gasteiger partial charge in [0.1, 0.15) is 6.61 Å². The predicted octanol–water partition coefficient (Wildman–Crippen LogP) is 5.32. The number of esters is 1. The lowest BCUT2D eigenvalue weighted by Gasteiger charge is -2.23. The van der Waals surface area contributed by atoms with E-state index in [0.717, 1.165) is 5.56 Å². The number of nitrogens with zero attached hydrogens (tertiary/aromatic N) is 3. The molecule has 4 aromatic rings. The number of methoxy groups -OCH3 is 1. The lowest BCUT2D eigenvalue weighted by atomic mass is 9.97. The molecule has 0 aliphatic carbocycles. The highest BCUT2D eigenvalue weighted by Gasteiger charge is 2.31. The van der Waals surface area contributed by atoms with E-state index in [4.69, 9.17) is 40.5 Å². The molecule has 0 radical (unpaired) electrons. The van der Waals surface area contributed by atoms with E-state index in [1.165, 1.54) is 29.2 Å². The molecular formula is C35H32ClN3O7S. The van der Waals surface area contributed by atoms with Gasteiger partial charge >= 0.3 is 5.97 Å². The molecule has 0 bridgehead atoms. The highest BCUT2D eigenvalue weighted by Crippen LogP contribution is 2.38. The Bertz CT molecular complexity index is 2050. The van der Waals surface area contributed by atoms with Crippen molar-refractivity contribution in [2.24, 2.45) is 4.99 Å². The second-order valence-electron chi connectivity index (χ2n) is 10.1. The average molecular weight is 674 g/mol. The minimum atomic E-state index is -0.823. The van der Waals surface area contributed by atoms with E-state index >= 15 is 0 Å². The average Bonchev–Trinajstić information content (AvgIpc) is 3.39. The van der Waals surface area contributed by atoms with Crippen LogP contribution in [-0.4, -0.2) is 37.5 Å². The molecule has 0 saturated carbocycles. The molecule has 1 atom stereocenters. The number of aromatic nitrogens is 1. The van der Waals surface area contributed by atoms with Gasteiger partial charge in [0.2, 0.25) is 0 Å². The van der Waals surface area contributed by atoms with Gasteiger partial charge in [0.05, 0.1) is 59.7 Å². The Kier molecular flexibility index (Phi) is 10.7. The van der Waals surface area contributed by atoms with Crippen molar-refractivity contribution in [3.63, 3.8) is 0 Å². The van der Waals surface area contributed by atoms with Crippen LogP contribution in [0.3, 0.4) is 0 Å². The minimum absolute atomic E-state index is 0.198. The summed E-state index contributed by atoms with van der Waals surface area (Å²) in [7, 11) is 1.28. The van der Waals surface area contributed by atoms with Crippen LogP contribution in [0, 0.1) is 11.3 Å². The molecule has 0 N–H and O–H groups in total. The van der Waals surface area contributed by atoms with Gasteiger partial charge < -0.3 is 23.7 Å². The molecule has 0 spiro atoms. The predicted molar refractivity (Wildman–Crippen MR) is 178 cm³/mol. The highest BCUT2D eigenvalue weighted by atomic mass is 35.5. The van der Waals surface area contributed by atoms with Crippen molar-refractivity contribution in [1.82, 2.24) is 4.57 Å². The quantitative estimate of drug-likeness (QED) is 0.185. The first-order valence-corrected chi connectivity index (χ1v) is 16.1. The van der Waals surface area contributed by atoms with Crippen molar-refractivity contribution in [1.29, 1.82) is 5.26 Å². The van der Waals surface area contributed by atoms with Gasteiger partial charge in [0.25, 0.3) is 5.56 Å². The van der Waals surface area contributed by atoms with Gasteiger partial charge in [-0.25, -0.2) is 9.79 Å². The Hall–Kier alpha value is -5.05. The molecule has 1 aliphatic rings. The first kappa shape index (κ1) is 33.3. The summed E-state index contributed by atoms with van der Waals surface area (Å²) in [4.78, 5) is 31.8. The van der Waals surface area contributed by atoms with Crippen LogP contribution in [0.15, 0.2) is 76.2 Å². The summed E-state index contributed by atoms with van der Waals surface area (Å²) in [6.07, 6.45) is 3.14. The second kappa shape index (κ2) is 15.0. The summed E-state index contributed by atoms with van der Waals surface area (Å²) in [6.45, 7) is 7.00. The van der Waals surface area contributed by atoms with Crippen LogP contribution in [0.4, 0.5) is 0 Å². The zero-order valence-corrected chi connectivity index (χ0v) is 27.8. The van der Waals surface area contributed by atoms with Gasteiger partial charge in [-0.2, -0.15) is 5.26 Å². The van der Waals surface area contributed by atoms with Crippen molar-refractivity contribution in [2.75, 3.05) is 26.9 Å². The number of carbonyl (C=O) groups is 1. The van der Waals surface area contributed by atoms with Crippen LogP contribution in [0.25, 0.3) is 6.08 Å². The van der Waals surface area contributed by atoms with Gasteiger partial charge in [-0.05, 0) is 79.9 Å². The van der Waals surface area contributed by atoms with Crippen LogP contribution >= 0.6 is 22.9 Å². The van der Waals surface area contributed by atoms with E-state index in [2.05, 4.69) is 11.1 Å². The fraction of sp³-hybridized carbons (Fsp3) is 0.257. The minimum Gasteiger partial charge on any atom is -0.490 e. The van der Waals surface area contributed by atoms with Gasteiger partial charge in [0.15, 0.2) is 27.8 Å². The van der Waals surface area contributed by atoms with Crippen molar-refractivity contribution < 1.29 is 28.5 Å². The maximum absolute atomic E-state index is 14.0. The first-order valence-electron chi connectivity index (χ1n) is 14.9. The smallest absolute Gasteiger partial charge is 0.337 e. The lowest BCUT2D eigenvalue weighted by molar-refractivity contribution is -0.136. The maximum atomic E-state index is 14.0. The van der Waals surface area contributed by atoms with Crippen LogP contribution in [0.5, 0.6) is 23.0 Å². The second-order valence-corrected chi connectivity index (χ2v) is 11.5. The summed E-state index contributed by atoms with van der Waals surface area (Å²) >= 11 is 7.87. The van der Waals surface area contributed by atoms with E-state index in [1.807, 2.05) is 32.9 Å². The van der Waals surface area contributed by atoms with E-state index in [0.29, 0.717) is 73.9 Å². The number of carbonyl (C=O) groups excluding carboxylic acids is 1. The Morgan fingerprint density at radius 1 is 0.979 bits per heavy atom. The topological polar surface area (TPSA) is 121 Å².